The minimum Gasteiger partial charge on any atom is -0.508 e. The Morgan fingerprint density at radius 3 is 2.24 bits per heavy atom. The van der Waals surface area contributed by atoms with Gasteiger partial charge < -0.3 is 5.11 Å². The Kier molecular flexibility index (Phi) is 4.39. The van der Waals surface area contributed by atoms with Gasteiger partial charge in [-0.3, -0.25) is 20.2 Å². The normalized spacial score (nSPS) is 10.3. The third kappa shape index (κ3) is 3.69. The molecule has 7 nitrogen and oxygen atoms in total. The molecule has 0 radical (unpaired) electrons. The van der Waals surface area contributed by atoms with Gasteiger partial charge in [-0.1, -0.05) is 0 Å². The number of nitro benzene ring substituents is 2. The van der Waals surface area contributed by atoms with Gasteiger partial charge in [0.25, 0.3) is 11.4 Å². The average Bonchev–Trinajstić information content (AvgIpc) is 2.46. The van der Waals surface area contributed by atoms with Crippen LogP contribution in [0.2, 0.25) is 0 Å². The maximum Gasteiger partial charge on any atom is 0.280 e. The predicted octanol–water partition coefficient (Wildman–Crippen LogP) is 3.50. The monoisotopic (exact) mass is 306 g/mol. The van der Waals surface area contributed by atoms with Crippen molar-refractivity contribution < 1.29 is 15.0 Å². The molecule has 2 aromatic rings. The van der Waals surface area contributed by atoms with Gasteiger partial charge in [-0.2, -0.15) is 0 Å². The zero-order valence-corrected chi connectivity index (χ0v) is 11.4. The number of hydrogen-bond acceptors (Lipinski definition) is 6. The molecule has 0 heterocycles. The first kappa shape index (κ1) is 14.8. The minimum atomic E-state index is -0.663. The van der Waals surface area contributed by atoms with Crippen LogP contribution in [0.25, 0.3) is 0 Å². The predicted molar refractivity (Wildman–Crippen MR) is 77.4 cm³/mol. The van der Waals surface area contributed by atoms with Crippen LogP contribution in [0.3, 0.4) is 0 Å². The Morgan fingerprint density at radius 2 is 1.67 bits per heavy atom. The Morgan fingerprint density at radius 1 is 1.00 bits per heavy atom. The zero-order chi connectivity index (χ0) is 15.4. The summed E-state index contributed by atoms with van der Waals surface area (Å²) in [5, 5.41) is 30.8. The van der Waals surface area contributed by atoms with Gasteiger partial charge >= 0.3 is 0 Å². The Labute approximate surface area is 123 Å². The third-order valence-corrected chi connectivity index (χ3v) is 3.77. The van der Waals surface area contributed by atoms with Crippen LogP contribution in [0, 0.1) is 20.2 Å². The highest BCUT2D eigenvalue weighted by atomic mass is 32.2. The lowest BCUT2D eigenvalue weighted by Crippen LogP contribution is -1.96. The standard InChI is InChI=1S/C13H10N2O5S/c16-11-3-5-12(6-4-11)21-8-9-1-2-10(14(17)18)7-13(9)15(19)20/h1-7,16H,8H2. The first-order valence-corrected chi connectivity index (χ1v) is 6.79. The van der Waals surface area contributed by atoms with Crippen molar-refractivity contribution in [2.24, 2.45) is 0 Å². The van der Waals surface area contributed by atoms with Crippen LogP contribution in [-0.4, -0.2) is 15.0 Å². The van der Waals surface area contributed by atoms with Crippen molar-refractivity contribution in [3.05, 3.63) is 68.3 Å². The first-order chi connectivity index (χ1) is 9.97. The summed E-state index contributed by atoms with van der Waals surface area (Å²) in [6.45, 7) is 0. The van der Waals surface area contributed by atoms with Crippen molar-refractivity contribution in [2.45, 2.75) is 10.6 Å². The van der Waals surface area contributed by atoms with E-state index >= 15 is 0 Å². The second kappa shape index (κ2) is 6.23. The van der Waals surface area contributed by atoms with E-state index in [1.54, 1.807) is 12.1 Å². The number of nitro groups is 2. The second-order valence-electron chi connectivity index (χ2n) is 4.11. The molecule has 2 aromatic carbocycles. The van der Waals surface area contributed by atoms with Crippen LogP contribution in [-0.2, 0) is 5.75 Å². The van der Waals surface area contributed by atoms with Crippen molar-refractivity contribution >= 4 is 23.1 Å². The Balaban J connectivity index is 2.21. The number of benzene rings is 2. The van der Waals surface area contributed by atoms with Gasteiger partial charge in [-0.05, 0) is 30.3 Å². The second-order valence-corrected chi connectivity index (χ2v) is 5.16. The van der Waals surface area contributed by atoms with E-state index in [0.717, 1.165) is 11.0 Å². The highest BCUT2D eigenvalue weighted by molar-refractivity contribution is 7.98. The van der Waals surface area contributed by atoms with Crippen LogP contribution in [0.5, 0.6) is 5.75 Å². The van der Waals surface area contributed by atoms with Gasteiger partial charge in [0, 0.05) is 22.3 Å². The molecule has 0 aliphatic rings. The van der Waals surface area contributed by atoms with Crippen LogP contribution in [0.4, 0.5) is 11.4 Å². The zero-order valence-electron chi connectivity index (χ0n) is 10.6. The van der Waals surface area contributed by atoms with E-state index in [9.17, 15) is 25.3 Å². The highest BCUT2D eigenvalue weighted by Gasteiger charge is 2.19. The molecule has 0 aromatic heterocycles. The van der Waals surface area contributed by atoms with Crippen molar-refractivity contribution in [1.82, 2.24) is 0 Å². The van der Waals surface area contributed by atoms with Gasteiger partial charge in [-0.15, -0.1) is 11.8 Å². The lowest BCUT2D eigenvalue weighted by molar-refractivity contribution is -0.394. The molecule has 0 saturated heterocycles. The molecule has 0 spiro atoms. The number of rotatable bonds is 5. The summed E-state index contributed by atoms with van der Waals surface area (Å²) in [6, 6.07) is 10.0. The quantitative estimate of drug-likeness (QED) is 0.514. The summed E-state index contributed by atoms with van der Waals surface area (Å²) in [7, 11) is 0. The van der Waals surface area contributed by atoms with Gasteiger partial charge in [0.2, 0.25) is 0 Å². The highest BCUT2D eigenvalue weighted by Crippen LogP contribution is 2.31. The number of nitrogens with zero attached hydrogens (tertiary/aromatic N) is 2. The van der Waals surface area contributed by atoms with E-state index in [2.05, 4.69) is 0 Å². The molecule has 0 fully saturated rings. The minimum absolute atomic E-state index is 0.140. The van der Waals surface area contributed by atoms with Gasteiger partial charge in [0.15, 0.2) is 0 Å². The molecule has 0 aliphatic carbocycles. The molecule has 108 valence electrons. The van der Waals surface area contributed by atoms with Gasteiger partial charge in [0.05, 0.1) is 15.9 Å². The van der Waals surface area contributed by atoms with E-state index in [1.807, 2.05) is 0 Å². The molecule has 0 amide bonds. The lowest BCUT2D eigenvalue weighted by atomic mass is 10.2. The van der Waals surface area contributed by atoms with Crippen molar-refractivity contribution in [3.8, 4) is 5.75 Å². The molecular weight excluding hydrogens is 296 g/mol. The van der Waals surface area contributed by atoms with E-state index in [-0.39, 0.29) is 17.1 Å². The molecule has 0 bridgehead atoms. The number of phenolic OH excluding ortho intramolecular Hbond substituents is 1. The summed E-state index contributed by atoms with van der Waals surface area (Å²) in [5.74, 6) is 0.444. The largest absolute Gasteiger partial charge is 0.508 e. The summed E-state index contributed by atoms with van der Waals surface area (Å²) in [6.07, 6.45) is 0. The molecule has 0 atom stereocenters. The maximum atomic E-state index is 11.0. The molecule has 8 heteroatoms. The molecule has 0 unspecified atom stereocenters. The molecule has 2 rings (SSSR count). The third-order valence-electron chi connectivity index (χ3n) is 2.71. The van der Waals surface area contributed by atoms with Crippen molar-refractivity contribution in [2.75, 3.05) is 0 Å². The van der Waals surface area contributed by atoms with E-state index < -0.39 is 9.85 Å². The number of phenols is 1. The van der Waals surface area contributed by atoms with Crippen molar-refractivity contribution in [3.63, 3.8) is 0 Å². The van der Waals surface area contributed by atoms with Crippen LogP contribution < -0.4 is 0 Å². The number of aromatic hydroxyl groups is 1. The Hall–Kier alpha value is -2.61. The van der Waals surface area contributed by atoms with E-state index in [1.165, 1.54) is 36.0 Å². The fraction of sp³-hybridized carbons (Fsp3) is 0.0769. The number of hydrogen-bond donors (Lipinski definition) is 1. The van der Waals surface area contributed by atoms with Gasteiger partial charge in [-0.25, -0.2) is 0 Å². The average molecular weight is 306 g/mol. The summed E-state index contributed by atoms with van der Waals surface area (Å²) >= 11 is 1.34. The van der Waals surface area contributed by atoms with Crippen LogP contribution >= 0.6 is 11.8 Å². The fourth-order valence-corrected chi connectivity index (χ4v) is 2.56. The number of thioether (sulfide) groups is 1. The molecule has 1 N–H and O–H groups in total. The summed E-state index contributed by atoms with van der Waals surface area (Å²) in [4.78, 5) is 21.2. The number of non-ortho nitro benzene ring substituents is 1. The molecule has 21 heavy (non-hydrogen) atoms. The summed E-state index contributed by atoms with van der Waals surface area (Å²) < 4.78 is 0. The SMILES string of the molecule is O=[N+]([O-])c1ccc(CSc2ccc(O)cc2)c([N+](=O)[O-])c1. The Bertz CT molecular complexity index is 687. The molecular formula is C13H10N2O5S. The first-order valence-electron chi connectivity index (χ1n) is 5.81. The van der Waals surface area contributed by atoms with Gasteiger partial charge in [0.1, 0.15) is 5.75 Å². The smallest absolute Gasteiger partial charge is 0.280 e. The topological polar surface area (TPSA) is 107 Å². The summed E-state index contributed by atoms with van der Waals surface area (Å²) in [5.41, 5.74) is -0.167. The van der Waals surface area contributed by atoms with E-state index in [0.29, 0.717) is 11.3 Å². The van der Waals surface area contributed by atoms with Crippen LogP contribution in [0.15, 0.2) is 47.4 Å². The van der Waals surface area contributed by atoms with Crippen LogP contribution in [0.1, 0.15) is 5.56 Å². The molecule has 0 saturated carbocycles. The fourth-order valence-electron chi connectivity index (χ4n) is 1.66. The van der Waals surface area contributed by atoms with E-state index in [4.69, 9.17) is 0 Å². The lowest BCUT2D eigenvalue weighted by Gasteiger charge is -2.04. The molecule has 0 aliphatic heterocycles. The van der Waals surface area contributed by atoms with Crippen molar-refractivity contribution in [1.29, 1.82) is 0 Å². The maximum absolute atomic E-state index is 11.0.